The maximum absolute atomic E-state index is 12.5. The van der Waals surface area contributed by atoms with E-state index in [2.05, 4.69) is 10.3 Å². The van der Waals surface area contributed by atoms with Crippen molar-refractivity contribution >= 4 is 29.0 Å². The molecule has 0 bridgehead atoms. The number of hydrogen-bond donors (Lipinski definition) is 2. The van der Waals surface area contributed by atoms with Crippen LogP contribution in [0.2, 0.25) is 0 Å². The number of aromatic nitrogens is 2. The van der Waals surface area contributed by atoms with Gasteiger partial charge in [-0.3, -0.25) is 14.2 Å². The third-order valence-electron chi connectivity index (χ3n) is 4.11. The molecule has 1 aliphatic heterocycles. The molecule has 1 saturated heterocycles. The number of benzene rings is 1. The topological polar surface area (TPSA) is 76.1 Å². The van der Waals surface area contributed by atoms with E-state index >= 15 is 0 Å². The predicted molar refractivity (Wildman–Crippen MR) is 90.0 cm³/mol. The van der Waals surface area contributed by atoms with Crippen molar-refractivity contribution in [3.63, 3.8) is 0 Å². The molecular formula is C16H19N3O3S. The molecule has 1 amide bonds. The summed E-state index contributed by atoms with van der Waals surface area (Å²) in [5.74, 6) is -0.104. The molecule has 0 aliphatic carbocycles. The number of amides is 1. The predicted octanol–water partition coefficient (Wildman–Crippen LogP) is 1.74. The van der Waals surface area contributed by atoms with Crippen LogP contribution in [0.25, 0.3) is 10.9 Å². The van der Waals surface area contributed by atoms with Crippen molar-refractivity contribution < 1.29 is 9.53 Å². The number of aromatic amines is 1. The minimum Gasteiger partial charge on any atom is -0.379 e. The number of fused-ring (bicyclic) bond motifs is 1. The number of nitrogens with one attached hydrogen (secondary N) is 2. The maximum atomic E-state index is 12.5. The van der Waals surface area contributed by atoms with Gasteiger partial charge in [-0.05, 0) is 37.7 Å². The summed E-state index contributed by atoms with van der Waals surface area (Å²) < 4.78 is 7.08. The number of carbonyl (C=O) groups excluding carboxylic acids is 1. The van der Waals surface area contributed by atoms with Crippen LogP contribution in [0.5, 0.6) is 0 Å². The fraction of sp³-hybridized carbons (Fsp3) is 0.438. The largest absolute Gasteiger partial charge is 0.379 e. The Morgan fingerprint density at radius 1 is 1.48 bits per heavy atom. The van der Waals surface area contributed by atoms with E-state index in [4.69, 9.17) is 17.0 Å². The third kappa shape index (κ3) is 3.35. The second-order valence-electron chi connectivity index (χ2n) is 6.09. The second-order valence-corrected chi connectivity index (χ2v) is 6.48. The van der Waals surface area contributed by atoms with E-state index in [9.17, 15) is 9.59 Å². The van der Waals surface area contributed by atoms with Gasteiger partial charge in [0.15, 0.2) is 4.77 Å². The fourth-order valence-electron chi connectivity index (χ4n) is 2.78. The molecule has 1 fully saturated rings. The highest BCUT2D eigenvalue weighted by Gasteiger charge is 2.30. The summed E-state index contributed by atoms with van der Waals surface area (Å²) in [4.78, 5) is 27.7. The van der Waals surface area contributed by atoms with Crippen molar-refractivity contribution in [3.05, 3.63) is 39.4 Å². The number of nitrogens with zero attached hydrogens (tertiary/aromatic N) is 1. The minimum atomic E-state index is -0.311. The Kier molecular flexibility index (Phi) is 4.32. The summed E-state index contributed by atoms with van der Waals surface area (Å²) in [6.07, 6.45) is 1.00. The van der Waals surface area contributed by atoms with Gasteiger partial charge in [-0.15, -0.1) is 0 Å². The van der Waals surface area contributed by atoms with Crippen molar-refractivity contribution in [2.75, 3.05) is 13.2 Å². The van der Waals surface area contributed by atoms with Gasteiger partial charge in [-0.2, -0.15) is 0 Å². The zero-order valence-corrected chi connectivity index (χ0v) is 13.7. The highest BCUT2D eigenvalue weighted by atomic mass is 32.1. The molecule has 0 spiro atoms. The number of para-hydroxylation sites is 1. The summed E-state index contributed by atoms with van der Waals surface area (Å²) in [6.45, 7) is 3.40. The van der Waals surface area contributed by atoms with Gasteiger partial charge in [0, 0.05) is 19.6 Å². The van der Waals surface area contributed by atoms with Gasteiger partial charge in [0.25, 0.3) is 5.56 Å². The third-order valence-corrected chi connectivity index (χ3v) is 4.43. The molecule has 1 unspecified atom stereocenters. The Hall–Kier alpha value is -1.99. The average Bonchev–Trinajstić information content (AvgIpc) is 2.93. The molecule has 1 aromatic heterocycles. The number of ether oxygens (including phenoxy) is 1. The molecule has 3 rings (SSSR count). The van der Waals surface area contributed by atoms with Crippen molar-refractivity contribution in [3.8, 4) is 0 Å². The lowest BCUT2D eigenvalue weighted by molar-refractivity contribution is -0.123. The molecule has 6 nitrogen and oxygen atoms in total. The molecule has 2 heterocycles. The smallest absolute Gasteiger partial charge is 0.262 e. The van der Waals surface area contributed by atoms with Crippen LogP contribution in [0.1, 0.15) is 19.8 Å². The van der Waals surface area contributed by atoms with Gasteiger partial charge >= 0.3 is 0 Å². The Balaban J connectivity index is 1.75. The molecular weight excluding hydrogens is 314 g/mol. The van der Waals surface area contributed by atoms with Gasteiger partial charge < -0.3 is 15.0 Å². The summed E-state index contributed by atoms with van der Waals surface area (Å²) in [5, 5.41) is 3.55. The molecule has 2 aromatic rings. The Morgan fingerprint density at radius 2 is 2.26 bits per heavy atom. The lowest BCUT2D eigenvalue weighted by Crippen LogP contribution is -2.46. The molecule has 1 aliphatic rings. The van der Waals surface area contributed by atoms with Crippen molar-refractivity contribution in [1.29, 1.82) is 0 Å². The van der Waals surface area contributed by atoms with Crippen molar-refractivity contribution in [1.82, 2.24) is 14.9 Å². The lowest BCUT2D eigenvalue weighted by Gasteiger charge is -2.23. The van der Waals surface area contributed by atoms with E-state index in [1.54, 1.807) is 12.1 Å². The molecule has 122 valence electrons. The van der Waals surface area contributed by atoms with Gasteiger partial charge in [-0.1, -0.05) is 12.1 Å². The van der Waals surface area contributed by atoms with Gasteiger partial charge in [-0.25, -0.2) is 0 Å². The maximum Gasteiger partial charge on any atom is 0.262 e. The van der Waals surface area contributed by atoms with Gasteiger partial charge in [0.1, 0.15) is 0 Å². The Labute approximate surface area is 138 Å². The van der Waals surface area contributed by atoms with E-state index in [0.717, 1.165) is 6.42 Å². The minimum absolute atomic E-state index is 0.104. The fourth-order valence-corrected chi connectivity index (χ4v) is 3.06. The van der Waals surface area contributed by atoms with Crippen LogP contribution in [-0.2, 0) is 16.1 Å². The Bertz CT molecular complexity index is 850. The second kappa shape index (κ2) is 6.25. The Morgan fingerprint density at radius 3 is 3.00 bits per heavy atom. The van der Waals surface area contributed by atoms with Crippen LogP contribution in [0.4, 0.5) is 0 Å². The molecule has 1 atom stereocenters. The molecule has 1 aromatic carbocycles. The van der Waals surface area contributed by atoms with E-state index in [-0.39, 0.29) is 30.0 Å². The van der Waals surface area contributed by atoms with Crippen LogP contribution in [0.15, 0.2) is 29.1 Å². The molecule has 23 heavy (non-hydrogen) atoms. The monoisotopic (exact) mass is 333 g/mol. The zero-order chi connectivity index (χ0) is 16.4. The first-order valence-corrected chi connectivity index (χ1v) is 8.00. The first-order valence-electron chi connectivity index (χ1n) is 7.59. The van der Waals surface area contributed by atoms with Crippen molar-refractivity contribution in [2.45, 2.75) is 31.8 Å². The highest BCUT2D eigenvalue weighted by molar-refractivity contribution is 7.71. The molecule has 7 heteroatoms. The van der Waals surface area contributed by atoms with E-state index < -0.39 is 0 Å². The van der Waals surface area contributed by atoms with Crippen LogP contribution in [0, 0.1) is 4.77 Å². The quantitative estimate of drug-likeness (QED) is 0.836. The molecule has 2 N–H and O–H groups in total. The standard InChI is InChI=1S/C16H19N3O3S/c1-16(7-9-22-10-16)18-13(20)6-8-19-14(21)11-4-2-3-5-12(11)17-15(19)23/h2-5H,6-10H2,1H3,(H,17,23)(H,18,20). The highest BCUT2D eigenvalue weighted by Crippen LogP contribution is 2.17. The van der Waals surface area contributed by atoms with Crippen LogP contribution >= 0.6 is 12.2 Å². The number of H-pyrrole nitrogens is 1. The van der Waals surface area contributed by atoms with Gasteiger partial charge in [0.05, 0.1) is 23.0 Å². The zero-order valence-electron chi connectivity index (χ0n) is 12.9. The SMILES string of the molecule is CC1(NC(=O)CCn2c(=S)[nH]c3ccccc3c2=O)CCOC1. The van der Waals surface area contributed by atoms with Crippen LogP contribution in [-0.4, -0.2) is 34.2 Å². The summed E-state index contributed by atoms with van der Waals surface area (Å²) in [5.41, 5.74) is 0.223. The number of rotatable bonds is 4. The normalized spacial score (nSPS) is 20.7. The van der Waals surface area contributed by atoms with E-state index in [0.29, 0.717) is 28.9 Å². The van der Waals surface area contributed by atoms with E-state index in [1.165, 1.54) is 4.57 Å². The van der Waals surface area contributed by atoms with Crippen LogP contribution < -0.4 is 10.9 Å². The lowest BCUT2D eigenvalue weighted by atomic mass is 10.0. The number of hydrogen-bond acceptors (Lipinski definition) is 4. The van der Waals surface area contributed by atoms with E-state index in [1.807, 2.05) is 19.1 Å². The summed E-state index contributed by atoms with van der Waals surface area (Å²) in [7, 11) is 0. The number of carbonyl (C=O) groups is 1. The summed E-state index contributed by atoms with van der Waals surface area (Å²) in [6, 6.07) is 7.20. The first kappa shape index (κ1) is 15.9. The molecule has 0 saturated carbocycles. The van der Waals surface area contributed by atoms with Crippen LogP contribution in [0.3, 0.4) is 0 Å². The first-order chi connectivity index (χ1) is 11.0. The average molecular weight is 333 g/mol. The molecule has 0 radical (unpaired) electrons. The van der Waals surface area contributed by atoms with Crippen molar-refractivity contribution in [2.24, 2.45) is 0 Å². The van der Waals surface area contributed by atoms with Gasteiger partial charge in [0.2, 0.25) is 5.91 Å². The summed E-state index contributed by atoms with van der Waals surface area (Å²) >= 11 is 5.24.